The highest BCUT2D eigenvalue weighted by molar-refractivity contribution is 5.16. The molecule has 0 aromatic carbocycles. The van der Waals surface area contributed by atoms with Crippen molar-refractivity contribution in [1.29, 1.82) is 0 Å². The molecule has 0 saturated heterocycles. The molecule has 0 unspecified atom stereocenters. The second-order valence-electron chi connectivity index (χ2n) is 3.21. The number of hydrogen-bond acceptors (Lipinski definition) is 0. The molecule has 0 aromatic heterocycles. The van der Waals surface area contributed by atoms with Crippen LogP contribution in [0.25, 0.3) is 0 Å². The van der Waals surface area contributed by atoms with Gasteiger partial charge < -0.3 is 0 Å². The Morgan fingerprint density at radius 2 is 1.75 bits per heavy atom. The first kappa shape index (κ1) is 13.9. The van der Waals surface area contributed by atoms with Gasteiger partial charge >= 0.3 is 0 Å². The van der Waals surface area contributed by atoms with Gasteiger partial charge in [-0.05, 0) is 18.9 Å². The Labute approximate surface area is 78.1 Å². The molecule has 0 nitrogen and oxygen atoms in total. The minimum Gasteiger partial charge on any atom is -0.115 e. The van der Waals surface area contributed by atoms with E-state index in [1.165, 1.54) is 18.4 Å². The predicted octanol–water partition coefficient (Wildman–Crippen LogP) is 4.03. The van der Waals surface area contributed by atoms with Gasteiger partial charge in [-0.15, -0.1) is 6.42 Å². The SMILES string of the molecule is C#C/C=C(\C)C(C)C.CCCC. The summed E-state index contributed by atoms with van der Waals surface area (Å²) in [5.41, 5.74) is 1.27. The lowest BCUT2D eigenvalue weighted by atomic mass is 10.1. The summed E-state index contributed by atoms with van der Waals surface area (Å²) in [6.45, 7) is 10.7. The first-order valence-electron chi connectivity index (χ1n) is 4.72. The molecule has 0 bridgehead atoms. The fraction of sp³-hybridized carbons (Fsp3) is 0.667. The molecule has 0 radical (unpaired) electrons. The van der Waals surface area contributed by atoms with Gasteiger partial charge in [0.25, 0.3) is 0 Å². The lowest BCUT2D eigenvalue weighted by molar-refractivity contribution is 0.770. The van der Waals surface area contributed by atoms with Crippen molar-refractivity contribution in [3.05, 3.63) is 11.6 Å². The summed E-state index contributed by atoms with van der Waals surface area (Å²) >= 11 is 0. The summed E-state index contributed by atoms with van der Waals surface area (Å²) in [5.74, 6) is 3.08. The van der Waals surface area contributed by atoms with Crippen LogP contribution in [0.3, 0.4) is 0 Å². The van der Waals surface area contributed by atoms with E-state index in [0.717, 1.165) is 0 Å². The zero-order valence-corrected chi connectivity index (χ0v) is 9.15. The average molecular weight is 166 g/mol. The molecule has 0 rings (SSSR count). The summed E-state index contributed by atoms with van der Waals surface area (Å²) in [4.78, 5) is 0. The molecule has 0 aliphatic rings. The highest BCUT2D eigenvalue weighted by Crippen LogP contribution is 2.05. The molecule has 0 heteroatoms. The first-order valence-corrected chi connectivity index (χ1v) is 4.72. The van der Waals surface area contributed by atoms with E-state index in [2.05, 4.69) is 33.6 Å². The monoisotopic (exact) mass is 166 g/mol. The Morgan fingerprint density at radius 1 is 1.33 bits per heavy atom. The summed E-state index contributed by atoms with van der Waals surface area (Å²) < 4.78 is 0. The topological polar surface area (TPSA) is 0 Å². The van der Waals surface area contributed by atoms with Gasteiger partial charge in [-0.1, -0.05) is 52.0 Å². The Morgan fingerprint density at radius 3 is 1.83 bits per heavy atom. The van der Waals surface area contributed by atoms with E-state index in [9.17, 15) is 0 Å². The van der Waals surface area contributed by atoms with Crippen LogP contribution < -0.4 is 0 Å². The van der Waals surface area contributed by atoms with Crippen LogP contribution in [0.2, 0.25) is 0 Å². The third kappa shape index (κ3) is 12.0. The van der Waals surface area contributed by atoms with Crippen LogP contribution in [-0.4, -0.2) is 0 Å². The highest BCUT2D eigenvalue weighted by Gasteiger charge is 1.91. The van der Waals surface area contributed by atoms with E-state index in [0.29, 0.717) is 5.92 Å². The zero-order chi connectivity index (χ0) is 9.98. The van der Waals surface area contributed by atoms with E-state index in [4.69, 9.17) is 6.42 Å². The van der Waals surface area contributed by atoms with Crippen molar-refractivity contribution in [3.8, 4) is 12.3 Å². The van der Waals surface area contributed by atoms with Crippen molar-refractivity contribution < 1.29 is 0 Å². The van der Waals surface area contributed by atoms with Crippen LogP contribution in [0.5, 0.6) is 0 Å². The molecule has 0 aliphatic heterocycles. The Kier molecular flexibility index (Phi) is 11.9. The molecule has 0 amide bonds. The third-order valence-electron chi connectivity index (χ3n) is 1.72. The van der Waals surface area contributed by atoms with Gasteiger partial charge in [-0.2, -0.15) is 0 Å². The zero-order valence-electron chi connectivity index (χ0n) is 9.15. The maximum atomic E-state index is 5.04. The van der Waals surface area contributed by atoms with E-state index < -0.39 is 0 Å². The standard InChI is InChI=1S/C8H12.C4H10/c1-5-6-8(4)7(2)3;1-3-4-2/h1,6-7H,2-4H3;3-4H2,1-2H3/b8-6+;. The van der Waals surface area contributed by atoms with Crippen LogP contribution in [0.4, 0.5) is 0 Å². The van der Waals surface area contributed by atoms with Crippen molar-refractivity contribution in [2.75, 3.05) is 0 Å². The number of hydrogen-bond donors (Lipinski definition) is 0. The molecule has 0 heterocycles. The normalized spacial score (nSPS) is 10.2. The van der Waals surface area contributed by atoms with Crippen molar-refractivity contribution in [2.45, 2.75) is 47.5 Å². The first-order chi connectivity index (χ1) is 5.59. The van der Waals surface area contributed by atoms with Gasteiger partial charge in [-0.3, -0.25) is 0 Å². The van der Waals surface area contributed by atoms with E-state index >= 15 is 0 Å². The van der Waals surface area contributed by atoms with Crippen LogP contribution in [0.15, 0.2) is 11.6 Å². The van der Waals surface area contributed by atoms with Crippen molar-refractivity contribution in [3.63, 3.8) is 0 Å². The van der Waals surface area contributed by atoms with E-state index in [1.807, 2.05) is 13.0 Å². The molecule has 0 atom stereocenters. The fourth-order valence-corrected chi connectivity index (χ4v) is 0.298. The van der Waals surface area contributed by atoms with Gasteiger partial charge in [0.1, 0.15) is 0 Å². The molecule has 0 aromatic rings. The molecule has 12 heavy (non-hydrogen) atoms. The van der Waals surface area contributed by atoms with Crippen LogP contribution in [0.1, 0.15) is 47.5 Å². The predicted molar refractivity (Wildman–Crippen MR) is 58.0 cm³/mol. The molecule has 0 fully saturated rings. The minimum absolute atomic E-state index is 0.589. The van der Waals surface area contributed by atoms with Gasteiger partial charge in [0, 0.05) is 0 Å². The fourth-order valence-electron chi connectivity index (χ4n) is 0.298. The lowest BCUT2D eigenvalue weighted by Gasteiger charge is -1.99. The maximum Gasteiger partial charge on any atom is -0.0130 e. The van der Waals surface area contributed by atoms with Gasteiger partial charge in [0.05, 0.1) is 0 Å². The number of unbranched alkanes of at least 4 members (excludes halogenated alkanes) is 1. The molecule has 0 saturated carbocycles. The van der Waals surface area contributed by atoms with Gasteiger partial charge in [-0.25, -0.2) is 0 Å². The van der Waals surface area contributed by atoms with Crippen LogP contribution in [-0.2, 0) is 0 Å². The minimum atomic E-state index is 0.589. The van der Waals surface area contributed by atoms with Crippen molar-refractivity contribution in [2.24, 2.45) is 5.92 Å². The molecule has 70 valence electrons. The second kappa shape index (κ2) is 10.3. The highest BCUT2D eigenvalue weighted by atomic mass is 14.0. The Balaban J connectivity index is 0. The van der Waals surface area contributed by atoms with Crippen molar-refractivity contribution in [1.82, 2.24) is 0 Å². The van der Waals surface area contributed by atoms with Gasteiger partial charge in [0.2, 0.25) is 0 Å². The van der Waals surface area contributed by atoms with Gasteiger partial charge in [0.15, 0.2) is 0 Å². The summed E-state index contributed by atoms with van der Waals surface area (Å²) in [5, 5.41) is 0. The largest absolute Gasteiger partial charge is 0.115 e. The number of terminal acetylenes is 1. The van der Waals surface area contributed by atoms with Crippen LogP contribution >= 0.6 is 0 Å². The maximum absolute atomic E-state index is 5.04. The molecule has 0 N–H and O–H groups in total. The number of rotatable bonds is 2. The van der Waals surface area contributed by atoms with E-state index in [1.54, 1.807) is 0 Å². The number of allylic oxidation sites excluding steroid dienone is 2. The average Bonchev–Trinajstić information content (AvgIpc) is 2.05. The molecular formula is C12H22. The molecule has 0 aliphatic carbocycles. The van der Waals surface area contributed by atoms with E-state index in [-0.39, 0.29) is 0 Å². The summed E-state index contributed by atoms with van der Waals surface area (Å²) in [6, 6.07) is 0. The third-order valence-corrected chi connectivity index (χ3v) is 1.72. The molecular weight excluding hydrogens is 144 g/mol. The smallest absolute Gasteiger partial charge is 0.0130 e. The Bertz CT molecular complexity index is 142. The summed E-state index contributed by atoms with van der Waals surface area (Å²) in [6.07, 6.45) is 9.49. The lowest BCUT2D eigenvalue weighted by Crippen LogP contribution is -1.86. The Hall–Kier alpha value is -0.700. The molecule has 0 spiro atoms. The van der Waals surface area contributed by atoms with Crippen LogP contribution in [0, 0.1) is 18.3 Å². The van der Waals surface area contributed by atoms with Crippen molar-refractivity contribution >= 4 is 0 Å². The summed E-state index contributed by atoms with van der Waals surface area (Å²) in [7, 11) is 0. The quantitative estimate of drug-likeness (QED) is 0.543. The second-order valence-corrected chi connectivity index (χ2v) is 3.21.